The highest BCUT2D eigenvalue weighted by atomic mass is 35.5. The molecule has 1 saturated carbocycles. The number of ether oxygens (including phenoxy) is 1. The number of nitrogens with zero attached hydrogens (tertiary/aromatic N) is 1. The lowest BCUT2D eigenvalue weighted by molar-refractivity contribution is -0.154. The van der Waals surface area contributed by atoms with Crippen molar-refractivity contribution in [2.45, 2.75) is 25.6 Å². The van der Waals surface area contributed by atoms with Crippen molar-refractivity contribution in [3.05, 3.63) is 23.9 Å². The number of alkyl halides is 3. The van der Waals surface area contributed by atoms with E-state index < -0.39 is 12.8 Å². The predicted molar refractivity (Wildman–Crippen MR) is 87.7 cm³/mol. The van der Waals surface area contributed by atoms with Crippen molar-refractivity contribution in [1.82, 2.24) is 15.6 Å². The Morgan fingerprint density at radius 3 is 2.67 bits per heavy atom. The van der Waals surface area contributed by atoms with E-state index in [9.17, 15) is 18.0 Å². The zero-order valence-corrected chi connectivity index (χ0v) is 14.4. The maximum absolute atomic E-state index is 12.2. The third kappa shape index (κ3) is 9.14. The summed E-state index contributed by atoms with van der Waals surface area (Å²) in [5, 5.41) is 5.66. The predicted octanol–water partition coefficient (Wildman–Crippen LogP) is 2.48. The van der Waals surface area contributed by atoms with E-state index in [4.69, 9.17) is 0 Å². The molecule has 0 aromatic carbocycles. The minimum absolute atomic E-state index is 0. The van der Waals surface area contributed by atoms with E-state index in [1.54, 1.807) is 12.1 Å². The van der Waals surface area contributed by atoms with Crippen LogP contribution in [0.15, 0.2) is 18.3 Å². The molecule has 1 amide bonds. The van der Waals surface area contributed by atoms with E-state index >= 15 is 0 Å². The molecule has 24 heavy (non-hydrogen) atoms. The van der Waals surface area contributed by atoms with Gasteiger partial charge in [-0.05, 0) is 31.4 Å². The van der Waals surface area contributed by atoms with Crippen molar-refractivity contribution in [2.75, 3.05) is 19.7 Å². The fourth-order valence-corrected chi connectivity index (χ4v) is 1.81. The average molecular weight is 390 g/mol. The molecule has 5 nitrogen and oxygen atoms in total. The molecule has 2 rings (SSSR count). The number of halogens is 5. The summed E-state index contributed by atoms with van der Waals surface area (Å²) >= 11 is 0. The van der Waals surface area contributed by atoms with Gasteiger partial charge in [0.2, 0.25) is 11.8 Å². The summed E-state index contributed by atoms with van der Waals surface area (Å²) in [6.45, 7) is -0.325. The Labute approximate surface area is 150 Å². The van der Waals surface area contributed by atoms with Crippen LogP contribution in [0.3, 0.4) is 0 Å². The van der Waals surface area contributed by atoms with Crippen LogP contribution in [0.2, 0.25) is 0 Å². The average Bonchev–Trinajstić information content (AvgIpc) is 3.27. The first-order valence-corrected chi connectivity index (χ1v) is 7.05. The third-order valence-corrected chi connectivity index (χ3v) is 3.11. The Balaban J connectivity index is 0.00000264. The topological polar surface area (TPSA) is 63.2 Å². The van der Waals surface area contributed by atoms with Crippen LogP contribution in [0.25, 0.3) is 0 Å². The van der Waals surface area contributed by atoms with E-state index in [0.717, 1.165) is 6.54 Å². The number of rotatable bonds is 8. The molecule has 0 aliphatic heterocycles. The monoisotopic (exact) mass is 389 g/mol. The van der Waals surface area contributed by atoms with Gasteiger partial charge in [0.25, 0.3) is 0 Å². The summed E-state index contributed by atoms with van der Waals surface area (Å²) in [6, 6.07) is 3.14. The van der Waals surface area contributed by atoms with Gasteiger partial charge in [-0.15, -0.1) is 24.8 Å². The number of aromatic nitrogens is 1. The van der Waals surface area contributed by atoms with Crippen molar-refractivity contribution in [2.24, 2.45) is 5.92 Å². The summed E-state index contributed by atoms with van der Waals surface area (Å²) in [5.74, 6) is 0.339. The standard InChI is InChI=1S/C14H18F3N3O2.2ClH/c15-14(16,17)9-22-13-11(2-1-5-19-13)7-20-12(21)8-18-6-10-3-4-10;;/h1-2,5,10,18H,3-4,6-9H2,(H,20,21);2*1H. The molecular weight excluding hydrogens is 370 g/mol. The van der Waals surface area contributed by atoms with E-state index in [-0.39, 0.29) is 49.7 Å². The number of nitrogens with one attached hydrogen (secondary N) is 2. The fraction of sp³-hybridized carbons (Fsp3) is 0.571. The number of carbonyl (C=O) groups excluding carboxylic acids is 1. The highest BCUT2D eigenvalue weighted by Gasteiger charge is 2.29. The Morgan fingerprint density at radius 2 is 2.04 bits per heavy atom. The van der Waals surface area contributed by atoms with Gasteiger partial charge in [-0.2, -0.15) is 13.2 Å². The molecule has 0 saturated heterocycles. The summed E-state index contributed by atoms with van der Waals surface area (Å²) in [6.07, 6.45) is -0.687. The van der Waals surface area contributed by atoms with Crippen LogP contribution in [0.5, 0.6) is 5.88 Å². The van der Waals surface area contributed by atoms with Gasteiger partial charge in [0.05, 0.1) is 6.54 Å². The summed E-state index contributed by atoms with van der Waals surface area (Å²) < 4.78 is 41.1. The first-order valence-electron chi connectivity index (χ1n) is 7.05. The normalized spacial score (nSPS) is 13.5. The molecule has 0 atom stereocenters. The SMILES string of the molecule is Cl.Cl.O=C(CNCC1CC1)NCc1cccnc1OCC(F)(F)F. The first kappa shape index (κ1) is 22.8. The van der Waals surface area contributed by atoms with Gasteiger partial charge in [-0.25, -0.2) is 4.98 Å². The van der Waals surface area contributed by atoms with Gasteiger partial charge < -0.3 is 15.4 Å². The van der Waals surface area contributed by atoms with Gasteiger partial charge in [0, 0.05) is 18.3 Å². The van der Waals surface area contributed by atoms with E-state index in [0.29, 0.717) is 11.5 Å². The van der Waals surface area contributed by atoms with E-state index in [2.05, 4.69) is 20.4 Å². The highest BCUT2D eigenvalue weighted by molar-refractivity contribution is 5.85. The van der Waals surface area contributed by atoms with Crippen molar-refractivity contribution in [3.63, 3.8) is 0 Å². The molecule has 138 valence electrons. The van der Waals surface area contributed by atoms with Crippen molar-refractivity contribution in [1.29, 1.82) is 0 Å². The molecule has 2 N–H and O–H groups in total. The maximum atomic E-state index is 12.2. The minimum atomic E-state index is -4.43. The smallest absolute Gasteiger partial charge is 0.422 e. The van der Waals surface area contributed by atoms with Crippen molar-refractivity contribution >= 4 is 30.7 Å². The fourth-order valence-electron chi connectivity index (χ4n) is 1.81. The van der Waals surface area contributed by atoms with Gasteiger partial charge in [0.15, 0.2) is 6.61 Å². The van der Waals surface area contributed by atoms with Gasteiger partial charge in [-0.3, -0.25) is 4.79 Å². The second kappa shape index (κ2) is 10.6. The van der Waals surface area contributed by atoms with Crippen LogP contribution >= 0.6 is 24.8 Å². The number of hydrogen-bond acceptors (Lipinski definition) is 4. The number of pyridine rings is 1. The van der Waals surface area contributed by atoms with E-state index in [1.165, 1.54) is 19.0 Å². The zero-order valence-electron chi connectivity index (χ0n) is 12.8. The maximum Gasteiger partial charge on any atom is 0.422 e. The Morgan fingerprint density at radius 1 is 1.33 bits per heavy atom. The van der Waals surface area contributed by atoms with Crippen LogP contribution < -0.4 is 15.4 Å². The molecule has 0 spiro atoms. The second-order valence-corrected chi connectivity index (χ2v) is 5.22. The van der Waals surface area contributed by atoms with Crippen molar-refractivity contribution in [3.8, 4) is 5.88 Å². The van der Waals surface area contributed by atoms with Crippen LogP contribution in [-0.4, -0.2) is 36.8 Å². The molecule has 1 aromatic heterocycles. The van der Waals surface area contributed by atoms with Crippen LogP contribution in [0.1, 0.15) is 18.4 Å². The number of carbonyl (C=O) groups is 1. The highest BCUT2D eigenvalue weighted by Crippen LogP contribution is 2.27. The Kier molecular flexibility index (Phi) is 10.0. The summed E-state index contributed by atoms with van der Waals surface area (Å²) in [5.41, 5.74) is 0.405. The molecule has 1 aliphatic carbocycles. The molecule has 1 aliphatic rings. The Hall–Kier alpha value is -1.25. The molecule has 0 bridgehead atoms. The minimum Gasteiger partial charge on any atom is -0.468 e. The number of hydrogen-bond donors (Lipinski definition) is 2. The second-order valence-electron chi connectivity index (χ2n) is 5.22. The van der Waals surface area contributed by atoms with Crippen LogP contribution in [-0.2, 0) is 11.3 Å². The van der Waals surface area contributed by atoms with E-state index in [1.807, 2.05) is 0 Å². The lowest BCUT2D eigenvalue weighted by Gasteiger charge is -2.12. The van der Waals surface area contributed by atoms with Gasteiger partial charge >= 0.3 is 6.18 Å². The molecule has 0 unspecified atom stereocenters. The molecule has 1 fully saturated rings. The molecule has 10 heteroatoms. The molecule has 1 aromatic rings. The van der Waals surface area contributed by atoms with Crippen molar-refractivity contribution < 1.29 is 22.7 Å². The van der Waals surface area contributed by atoms with Gasteiger partial charge in [0.1, 0.15) is 0 Å². The molecule has 1 heterocycles. The van der Waals surface area contributed by atoms with Crippen LogP contribution in [0, 0.1) is 5.92 Å². The first-order chi connectivity index (χ1) is 10.4. The number of amides is 1. The summed E-state index contributed by atoms with van der Waals surface area (Å²) in [4.78, 5) is 15.4. The Bertz CT molecular complexity index is 514. The third-order valence-electron chi connectivity index (χ3n) is 3.11. The molecule has 0 radical (unpaired) electrons. The quantitative estimate of drug-likeness (QED) is 0.716. The lowest BCUT2D eigenvalue weighted by Crippen LogP contribution is -2.34. The molecular formula is C14H20Cl2F3N3O2. The van der Waals surface area contributed by atoms with Gasteiger partial charge in [-0.1, -0.05) is 6.07 Å². The largest absolute Gasteiger partial charge is 0.468 e. The zero-order chi connectivity index (χ0) is 16.0. The lowest BCUT2D eigenvalue weighted by atomic mass is 10.2. The summed E-state index contributed by atoms with van der Waals surface area (Å²) in [7, 11) is 0. The van der Waals surface area contributed by atoms with Crippen LogP contribution in [0.4, 0.5) is 13.2 Å².